The molecule has 0 fully saturated rings. The lowest BCUT2D eigenvalue weighted by Gasteiger charge is -2.21. The minimum atomic E-state index is -0.990. The van der Waals surface area contributed by atoms with E-state index in [1.807, 2.05) is 0 Å². The van der Waals surface area contributed by atoms with Crippen LogP contribution in [-0.4, -0.2) is 36.6 Å². The SMILES string of the molecule is CC(NC(=O)COC(=O)c1ccc(Cl)cc1[N+](=O)[O-])c1ccc2c(c1)OCCO2. The van der Waals surface area contributed by atoms with E-state index in [4.69, 9.17) is 25.8 Å². The quantitative estimate of drug-likeness (QED) is 0.433. The van der Waals surface area contributed by atoms with Crippen molar-refractivity contribution in [3.05, 3.63) is 62.7 Å². The topological polar surface area (TPSA) is 117 Å². The van der Waals surface area contributed by atoms with Gasteiger partial charge in [0.25, 0.3) is 11.6 Å². The molecule has 0 spiro atoms. The van der Waals surface area contributed by atoms with Gasteiger partial charge in [-0.25, -0.2) is 4.79 Å². The van der Waals surface area contributed by atoms with Gasteiger partial charge in [-0.2, -0.15) is 0 Å². The molecule has 2 aromatic rings. The van der Waals surface area contributed by atoms with E-state index in [0.717, 1.165) is 11.6 Å². The molecular weight excluding hydrogens is 404 g/mol. The fraction of sp³-hybridized carbons (Fsp3) is 0.263. The van der Waals surface area contributed by atoms with Crippen LogP contribution in [-0.2, 0) is 9.53 Å². The van der Waals surface area contributed by atoms with Crippen molar-refractivity contribution in [1.29, 1.82) is 0 Å². The molecule has 0 radical (unpaired) electrons. The first-order chi connectivity index (χ1) is 13.8. The highest BCUT2D eigenvalue weighted by molar-refractivity contribution is 6.31. The molecule has 1 aliphatic rings. The third kappa shape index (κ3) is 4.94. The van der Waals surface area contributed by atoms with Gasteiger partial charge in [-0.3, -0.25) is 14.9 Å². The van der Waals surface area contributed by atoms with Gasteiger partial charge in [0.1, 0.15) is 18.8 Å². The van der Waals surface area contributed by atoms with E-state index in [-0.39, 0.29) is 16.6 Å². The summed E-state index contributed by atoms with van der Waals surface area (Å²) < 4.78 is 15.9. The van der Waals surface area contributed by atoms with E-state index in [2.05, 4.69) is 5.32 Å². The standard InChI is InChI=1S/C19H17ClN2O7/c1-11(12-2-5-16-17(8-12)28-7-6-27-16)21-18(23)10-29-19(24)14-4-3-13(20)9-15(14)22(25)26/h2-5,8-9,11H,6-7,10H2,1H3,(H,21,23). The van der Waals surface area contributed by atoms with Gasteiger partial charge >= 0.3 is 5.97 Å². The van der Waals surface area contributed by atoms with E-state index in [0.29, 0.717) is 24.7 Å². The second kappa shape index (κ2) is 8.78. The zero-order valence-electron chi connectivity index (χ0n) is 15.3. The molecule has 1 amide bonds. The molecular formula is C19H17ClN2O7. The van der Waals surface area contributed by atoms with Gasteiger partial charge in [0.2, 0.25) is 0 Å². The van der Waals surface area contributed by atoms with Gasteiger partial charge in [0.05, 0.1) is 11.0 Å². The first kappa shape index (κ1) is 20.4. The van der Waals surface area contributed by atoms with Crippen molar-refractivity contribution in [2.24, 2.45) is 0 Å². The molecule has 1 N–H and O–H groups in total. The summed E-state index contributed by atoms with van der Waals surface area (Å²) in [7, 11) is 0. The van der Waals surface area contributed by atoms with Gasteiger partial charge in [0.15, 0.2) is 18.1 Å². The molecule has 1 unspecified atom stereocenters. The molecule has 0 saturated carbocycles. The molecule has 152 valence electrons. The van der Waals surface area contributed by atoms with E-state index in [1.165, 1.54) is 12.1 Å². The summed E-state index contributed by atoms with van der Waals surface area (Å²) in [6.07, 6.45) is 0. The van der Waals surface area contributed by atoms with Crippen molar-refractivity contribution >= 4 is 29.2 Å². The molecule has 0 bridgehead atoms. The Labute approximate surface area is 170 Å². The number of nitro benzene ring substituents is 1. The number of carbonyl (C=O) groups excluding carboxylic acids is 2. The number of nitrogens with zero attached hydrogens (tertiary/aromatic N) is 1. The molecule has 1 aliphatic heterocycles. The highest BCUT2D eigenvalue weighted by Gasteiger charge is 2.23. The van der Waals surface area contributed by atoms with Crippen LogP contribution in [0.5, 0.6) is 11.5 Å². The number of hydrogen-bond acceptors (Lipinski definition) is 7. The number of benzene rings is 2. The number of carbonyl (C=O) groups is 2. The number of ether oxygens (including phenoxy) is 3. The Morgan fingerprint density at radius 1 is 1.21 bits per heavy atom. The molecule has 0 aromatic heterocycles. The van der Waals surface area contributed by atoms with Gasteiger partial charge < -0.3 is 19.5 Å². The lowest BCUT2D eigenvalue weighted by molar-refractivity contribution is -0.385. The van der Waals surface area contributed by atoms with E-state index < -0.39 is 29.1 Å². The molecule has 29 heavy (non-hydrogen) atoms. The van der Waals surface area contributed by atoms with Crippen LogP contribution in [0.25, 0.3) is 0 Å². The third-order valence-corrected chi connectivity index (χ3v) is 4.39. The van der Waals surface area contributed by atoms with Crippen LogP contribution in [0.3, 0.4) is 0 Å². The number of rotatable bonds is 6. The summed E-state index contributed by atoms with van der Waals surface area (Å²) >= 11 is 5.72. The smallest absolute Gasteiger partial charge is 0.345 e. The average molecular weight is 421 g/mol. The predicted octanol–water partition coefficient (Wildman–Crippen LogP) is 3.05. The van der Waals surface area contributed by atoms with Crippen LogP contribution in [0.1, 0.15) is 28.9 Å². The summed E-state index contributed by atoms with van der Waals surface area (Å²) in [6, 6.07) is 8.48. The van der Waals surface area contributed by atoms with Crippen LogP contribution < -0.4 is 14.8 Å². The van der Waals surface area contributed by atoms with Crippen molar-refractivity contribution < 1.29 is 28.7 Å². The minimum Gasteiger partial charge on any atom is -0.486 e. The molecule has 9 nitrogen and oxygen atoms in total. The predicted molar refractivity (Wildman–Crippen MR) is 102 cm³/mol. The summed E-state index contributed by atoms with van der Waals surface area (Å²) in [5.74, 6) is -0.318. The van der Waals surface area contributed by atoms with Crippen LogP contribution in [0.4, 0.5) is 5.69 Å². The number of hydrogen-bond donors (Lipinski definition) is 1. The number of nitro groups is 1. The number of esters is 1. The Hall–Kier alpha value is -3.33. The number of fused-ring (bicyclic) bond motifs is 1. The molecule has 2 aromatic carbocycles. The Morgan fingerprint density at radius 3 is 2.66 bits per heavy atom. The van der Waals surface area contributed by atoms with Gasteiger partial charge in [-0.05, 0) is 36.8 Å². The number of nitrogens with one attached hydrogen (secondary N) is 1. The highest BCUT2D eigenvalue weighted by atomic mass is 35.5. The van der Waals surface area contributed by atoms with Crippen LogP contribution in [0, 0.1) is 10.1 Å². The first-order valence-electron chi connectivity index (χ1n) is 8.65. The Balaban J connectivity index is 1.58. The van der Waals surface area contributed by atoms with Crippen LogP contribution in [0.2, 0.25) is 5.02 Å². The van der Waals surface area contributed by atoms with Gasteiger partial charge in [-0.1, -0.05) is 17.7 Å². The lowest BCUT2D eigenvalue weighted by atomic mass is 10.1. The van der Waals surface area contributed by atoms with Crippen molar-refractivity contribution in [3.63, 3.8) is 0 Å². The van der Waals surface area contributed by atoms with Crippen LogP contribution in [0.15, 0.2) is 36.4 Å². The maximum atomic E-state index is 12.1. The van der Waals surface area contributed by atoms with Crippen molar-refractivity contribution in [2.45, 2.75) is 13.0 Å². The number of halogens is 1. The summed E-state index contributed by atoms with van der Waals surface area (Å²) in [6.45, 7) is 2.10. The van der Waals surface area contributed by atoms with Crippen LogP contribution >= 0.6 is 11.6 Å². The second-order valence-electron chi connectivity index (χ2n) is 6.19. The summed E-state index contributed by atoms with van der Waals surface area (Å²) in [4.78, 5) is 34.6. The van der Waals surface area contributed by atoms with Gasteiger partial charge in [-0.15, -0.1) is 0 Å². The highest BCUT2D eigenvalue weighted by Crippen LogP contribution is 2.32. The lowest BCUT2D eigenvalue weighted by Crippen LogP contribution is -2.31. The molecule has 0 saturated heterocycles. The van der Waals surface area contributed by atoms with E-state index in [9.17, 15) is 19.7 Å². The third-order valence-electron chi connectivity index (χ3n) is 4.15. The maximum absolute atomic E-state index is 12.1. The number of amides is 1. The zero-order chi connectivity index (χ0) is 21.0. The Bertz CT molecular complexity index is 964. The Kier molecular flexibility index (Phi) is 6.18. The van der Waals surface area contributed by atoms with Gasteiger partial charge in [0, 0.05) is 11.1 Å². The molecule has 10 heteroatoms. The first-order valence-corrected chi connectivity index (χ1v) is 9.03. The minimum absolute atomic E-state index is 0.110. The van der Waals surface area contributed by atoms with Crippen molar-refractivity contribution in [2.75, 3.05) is 19.8 Å². The summed E-state index contributed by atoms with van der Waals surface area (Å²) in [5, 5.41) is 13.9. The Morgan fingerprint density at radius 2 is 1.93 bits per heavy atom. The van der Waals surface area contributed by atoms with E-state index in [1.54, 1.807) is 25.1 Å². The molecule has 0 aliphatic carbocycles. The monoisotopic (exact) mass is 420 g/mol. The fourth-order valence-corrected chi connectivity index (χ4v) is 2.90. The normalized spacial score (nSPS) is 13.3. The molecule has 1 heterocycles. The molecule has 1 atom stereocenters. The largest absolute Gasteiger partial charge is 0.486 e. The zero-order valence-corrected chi connectivity index (χ0v) is 16.1. The molecule has 3 rings (SSSR count). The fourth-order valence-electron chi connectivity index (χ4n) is 2.73. The second-order valence-corrected chi connectivity index (χ2v) is 6.62. The van der Waals surface area contributed by atoms with Crippen molar-refractivity contribution in [3.8, 4) is 11.5 Å². The average Bonchev–Trinajstić information content (AvgIpc) is 2.71. The van der Waals surface area contributed by atoms with Crippen molar-refractivity contribution in [1.82, 2.24) is 5.32 Å². The maximum Gasteiger partial charge on any atom is 0.345 e. The van der Waals surface area contributed by atoms with E-state index >= 15 is 0 Å². The summed E-state index contributed by atoms with van der Waals surface area (Å²) in [5.41, 5.74) is 0.00176.